The summed E-state index contributed by atoms with van der Waals surface area (Å²) in [6.07, 6.45) is 4.12. The van der Waals surface area contributed by atoms with Crippen LogP contribution in [0.25, 0.3) is 0 Å². The lowest BCUT2D eigenvalue weighted by atomic mass is 9.99. The van der Waals surface area contributed by atoms with E-state index >= 15 is 0 Å². The lowest BCUT2D eigenvalue weighted by Gasteiger charge is -2.42. The van der Waals surface area contributed by atoms with Crippen molar-refractivity contribution >= 4 is 0 Å². The predicted molar refractivity (Wildman–Crippen MR) is 79.4 cm³/mol. The summed E-state index contributed by atoms with van der Waals surface area (Å²) in [5.74, 6) is 0.664. The van der Waals surface area contributed by atoms with E-state index in [0.717, 1.165) is 19.6 Å². The number of nitrogens with zero attached hydrogens (tertiary/aromatic N) is 2. The van der Waals surface area contributed by atoms with Gasteiger partial charge in [-0.25, -0.2) is 0 Å². The largest absolute Gasteiger partial charge is 0.395 e. The molecule has 2 unspecified atom stereocenters. The van der Waals surface area contributed by atoms with Crippen LogP contribution in [0, 0.1) is 5.92 Å². The summed E-state index contributed by atoms with van der Waals surface area (Å²) in [6.45, 7) is 11.7. The van der Waals surface area contributed by atoms with Crippen LogP contribution in [0.4, 0.5) is 0 Å². The van der Waals surface area contributed by atoms with Crippen molar-refractivity contribution in [2.45, 2.75) is 45.2 Å². The molecule has 2 N–H and O–H groups in total. The van der Waals surface area contributed by atoms with E-state index in [-0.39, 0.29) is 6.61 Å². The maximum Gasteiger partial charge on any atom is 0.0599 e. The Kier molecular flexibility index (Phi) is 6.07. The summed E-state index contributed by atoms with van der Waals surface area (Å²) in [4.78, 5) is 5.08. The molecule has 0 saturated carbocycles. The molecule has 0 bridgehead atoms. The first kappa shape index (κ1) is 15.2. The van der Waals surface area contributed by atoms with Gasteiger partial charge in [0.2, 0.25) is 0 Å². The van der Waals surface area contributed by atoms with Crippen LogP contribution in [-0.4, -0.2) is 72.9 Å². The van der Waals surface area contributed by atoms with Gasteiger partial charge in [0.05, 0.1) is 6.61 Å². The molecular weight excluding hydrogens is 238 g/mol. The zero-order valence-corrected chi connectivity index (χ0v) is 12.6. The molecule has 2 rings (SSSR count). The van der Waals surface area contributed by atoms with E-state index in [2.05, 4.69) is 29.0 Å². The molecule has 2 saturated heterocycles. The maximum absolute atomic E-state index is 9.53. The first-order chi connectivity index (χ1) is 9.20. The minimum Gasteiger partial charge on any atom is -0.395 e. The highest BCUT2D eigenvalue weighted by Crippen LogP contribution is 2.14. The minimum absolute atomic E-state index is 0.276. The number of aliphatic hydroxyl groups excluding tert-OH is 1. The molecule has 0 aliphatic carbocycles. The zero-order valence-electron chi connectivity index (χ0n) is 12.6. The molecule has 2 atom stereocenters. The fourth-order valence-corrected chi connectivity index (χ4v) is 3.24. The number of hydrogen-bond donors (Lipinski definition) is 2. The van der Waals surface area contributed by atoms with Crippen molar-refractivity contribution in [3.05, 3.63) is 0 Å². The third-order valence-corrected chi connectivity index (χ3v) is 4.73. The van der Waals surface area contributed by atoms with E-state index in [0.29, 0.717) is 18.0 Å². The second kappa shape index (κ2) is 7.58. The van der Waals surface area contributed by atoms with Crippen LogP contribution in [0.2, 0.25) is 0 Å². The van der Waals surface area contributed by atoms with Crippen LogP contribution >= 0.6 is 0 Å². The van der Waals surface area contributed by atoms with Crippen molar-refractivity contribution in [2.75, 3.05) is 45.9 Å². The maximum atomic E-state index is 9.53. The van der Waals surface area contributed by atoms with Gasteiger partial charge in [-0.3, -0.25) is 4.90 Å². The molecule has 0 amide bonds. The molecule has 2 aliphatic rings. The van der Waals surface area contributed by atoms with E-state index < -0.39 is 0 Å². The van der Waals surface area contributed by atoms with Crippen LogP contribution in [0.15, 0.2) is 0 Å². The Balaban J connectivity index is 1.80. The van der Waals surface area contributed by atoms with Gasteiger partial charge in [-0.1, -0.05) is 20.3 Å². The van der Waals surface area contributed by atoms with Crippen LogP contribution < -0.4 is 5.32 Å². The Morgan fingerprint density at radius 1 is 1.16 bits per heavy atom. The summed E-state index contributed by atoms with van der Waals surface area (Å²) >= 11 is 0. The molecule has 0 aromatic heterocycles. The van der Waals surface area contributed by atoms with Crippen molar-refractivity contribution in [2.24, 2.45) is 5.92 Å². The summed E-state index contributed by atoms with van der Waals surface area (Å²) in [5, 5.41) is 13.1. The Bertz CT molecular complexity index is 254. The molecular formula is C15H31N3O. The molecule has 2 aliphatic heterocycles. The molecule has 19 heavy (non-hydrogen) atoms. The van der Waals surface area contributed by atoms with E-state index in [9.17, 15) is 5.11 Å². The quantitative estimate of drug-likeness (QED) is 0.773. The molecule has 0 radical (unpaired) electrons. The van der Waals surface area contributed by atoms with Gasteiger partial charge in [0.1, 0.15) is 0 Å². The molecule has 0 spiro atoms. The van der Waals surface area contributed by atoms with Crippen molar-refractivity contribution in [1.82, 2.24) is 15.1 Å². The summed E-state index contributed by atoms with van der Waals surface area (Å²) < 4.78 is 0. The Morgan fingerprint density at radius 3 is 2.53 bits per heavy atom. The second-order valence-electron chi connectivity index (χ2n) is 6.49. The fraction of sp³-hybridized carbons (Fsp3) is 1.00. The Morgan fingerprint density at radius 2 is 1.89 bits per heavy atom. The lowest BCUT2D eigenvalue weighted by Crippen LogP contribution is -2.60. The number of aliphatic hydroxyl groups is 1. The van der Waals surface area contributed by atoms with E-state index in [1.807, 2.05) is 0 Å². The van der Waals surface area contributed by atoms with Gasteiger partial charge in [-0.15, -0.1) is 0 Å². The number of rotatable bonds is 5. The second-order valence-corrected chi connectivity index (χ2v) is 6.49. The lowest BCUT2D eigenvalue weighted by molar-refractivity contribution is 0.0592. The Hall–Kier alpha value is -0.160. The molecule has 2 heterocycles. The number of nitrogens with one attached hydrogen (secondary N) is 1. The topological polar surface area (TPSA) is 38.7 Å². The first-order valence-corrected chi connectivity index (χ1v) is 8.01. The van der Waals surface area contributed by atoms with Gasteiger partial charge < -0.3 is 15.3 Å². The van der Waals surface area contributed by atoms with E-state index in [1.54, 1.807) is 0 Å². The average molecular weight is 269 g/mol. The van der Waals surface area contributed by atoms with E-state index in [4.69, 9.17) is 0 Å². The van der Waals surface area contributed by atoms with Gasteiger partial charge in [0.15, 0.2) is 0 Å². The van der Waals surface area contributed by atoms with Crippen molar-refractivity contribution < 1.29 is 5.11 Å². The third kappa shape index (κ3) is 4.42. The molecule has 4 nitrogen and oxygen atoms in total. The third-order valence-electron chi connectivity index (χ3n) is 4.73. The van der Waals surface area contributed by atoms with Crippen molar-refractivity contribution in [3.63, 3.8) is 0 Å². The highest BCUT2D eigenvalue weighted by atomic mass is 16.3. The highest BCUT2D eigenvalue weighted by molar-refractivity contribution is 4.87. The molecule has 0 aromatic rings. The molecule has 4 heteroatoms. The Labute approximate surface area is 118 Å². The van der Waals surface area contributed by atoms with Crippen LogP contribution in [-0.2, 0) is 0 Å². The summed E-state index contributed by atoms with van der Waals surface area (Å²) in [6, 6.07) is 0.879. The van der Waals surface area contributed by atoms with Gasteiger partial charge in [0, 0.05) is 38.3 Å². The smallest absolute Gasteiger partial charge is 0.0599 e. The molecule has 0 aromatic carbocycles. The number of likely N-dealkylation sites (tertiary alicyclic amines) is 1. The van der Waals surface area contributed by atoms with E-state index in [1.165, 1.54) is 38.9 Å². The minimum atomic E-state index is 0.276. The summed E-state index contributed by atoms with van der Waals surface area (Å²) in [5.41, 5.74) is 0. The highest BCUT2D eigenvalue weighted by Gasteiger charge is 2.28. The number of piperazine rings is 1. The standard InChI is InChI=1S/C15H31N3O/c1-13(2)15-11-18(14(12-19)10-16-15)9-8-17-6-4-3-5-7-17/h13-16,19H,3-12H2,1-2H3. The molecule has 112 valence electrons. The van der Waals surface area contributed by atoms with Crippen molar-refractivity contribution in [3.8, 4) is 0 Å². The van der Waals surface area contributed by atoms with Gasteiger partial charge >= 0.3 is 0 Å². The zero-order chi connectivity index (χ0) is 13.7. The van der Waals surface area contributed by atoms with Gasteiger partial charge in [-0.2, -0.15) is 0 Å². The average Bonchev–Trinajstić information content (AvgIpc) is 2.45. The predicted octanol–water partition coefficient (Wildman–Crippen LogP) is 0.763. The SMILES string of the molecule is CC(C)C1CN(CCN2CCCCC2)C(CO)CN1. The summed E-state index contributed by atoms with van der Waals surface area (Å²) in [7, 11) is 0. The van der Waals surface area contributed by atoms with Gasteiger partial charge in [-0.05, 0) is 31.8 Å². The normalized spacial score (nSPS) is 30.9. The van der Waals surface area contributed by atoms with Gasteiger partial charge in [0.25, 0.3) is 0 Å². The number of hydrogen-bond acceptors (Lipinski definition) is 4. The van der Waals surface area contributed by atoms with Crippen LogP contribution in [0.1, 0.15) is 33.1 Å². The monoisotopic (exact) mass is 269 g/mol. The van der Waals surface area contributed by atoms with Crippen LogP contribution in [0.3, 0.4) is 0 Å². The fourth-order valence-electron chi connectivity index (χ4n) is 3.24. The van der Waals surface area contributed by atoms with Crippen molar-refractivity contribution in [1.29, 1.82) is 0 Å². The number of piperidine rings is 1. The first-order valence-electron chi connectivity index (χ1n) is 8.01. The van der Waals surface area contributed by atoms with Crippen LogP contribution in [0.5, 0.6) is 0 Å². The molecule has 2 fully saturated rings.